The number of fused-ring (bicyclic) bond motifs is 2. The summed E-state index contributed by atoms with van der Waals surface area (Å²) in [5, 5.41) is 0. The number of methoxy groups -OCH3 is 1. The molecule has 1 aromatic heterocycles. The van der Waals surface area contributed by atoms with Crippen LogP contribution in [0.4, 0.5) is 5.82 Å². The van der Waals surface area contributed by atoms with E-state index >= 15 is 0 Å². The van der Waals surface area contributed by atoms with Gasteiger partial charge in [-0.05, 0) is 49.6 Å². The lowest BCUT2D eigenvalue weighted by Gasteiger charge is -2.45. The van der Waals surface area contributed by atoms with Crippen molar-refractivity contribution < 1.29 is 9.47 Å². The zero-order valence-electron chi connectivity index (χ0n) is 18.8. The van der Waals surface area contributed by atoms with E-state index in [0.717, 1.165) is 83.3 Å². The lowest BCUT2D eigenvalue weighted by Crippen LogP contribution is -2.47. The summed E-state index contributed by atoms with van der Waals surface area (Å²) in [5.74, 6) is 2.05. The minimum atomic E-state index is -0.224. The highest BCUT2D eigenvalue weighted by molar-refractivity contribution is 5.48. The van der Waals surface area contributed by atoms with E-state index in [9.17, 15) is 0 Å². The number of hydrogen-bond donors (Lipinski definition) is 0. The molecule has 6 heteroatoms. The molecule has 0 radical (unpaired) electrons. The van der Waals surface area contributed by atoms with Gasteiger partial charge in [0.25, 0.3) is 0 Å². The first-order valence-electron chi connectivity index (χ1n) is 11.6. The summed E-state index contributed by atoms with van der Waals surface area (Å²) in [6.07, 6.45) is 4.96. The largest absolute Gasteiger partial charge is 0.496 e. The van der Waals surface area contributed by atoms with Crippen molar-refractivity contribution >= 4 is 5.82 Å². The Morgan fingerprint density at radius 2 is 1.84 bits per heavy atom. The van der Waals surface area contributed by atoms with Crippen molar-refractivity contribution in [3.05, 3.63) is 53.2 Å². The molecule has 0 saturated carbocycles. The number of hydrogen-bond acceptors (Lipinski definition) is 6. The normalized spacial score (nSPS) is 21.8. The van der Waals surface area contributed by atoms with Crippen LogP contribution in [0.2, 0.25) is 0 Å². The molecular weight excluding hydrogens is 388 g/mol. The molecule has 0 N–H and O–H groups in total. The third-order valence-corrected chi connectivity index (χ3v) is 7.24. The third kappa shape index (κ3) is 4.16. The monoisotopic (exact) mass is 422 g/mol. The first-order chi connectivity index (χ1) is 15.2. The van der Waals surface area contributed by atoms with Gasteiger partial charge in [-0.2, -0.15) is 0 Å². The van der Waals surface area contributed by atoms with Gasteiger partial charge in [-0.3, -0.25) is 4.90 Å². The highest BCUT2D eigenvalue weighted by Crippen LogP contribution is 2.46. The fourth-order valence-corrected chi connectivity index (χ4v) is 5.35. The van der Waals surface area contributed by atoms with Gasteiger partial charge in [-0.1, -0.05) is 18.2 Å². The molecule has 0 unspecified atom stereocenters. The van der Waals surface area contributed by atoms with Gasteiger partial charge in [-0.25, -0.2) is 4.98 Å². The highest BCUT2D eigenvalue weighted by atomic mass is 16.5. The van der Waals surface area contributed by atoms with Crippen LogP contribution in [0.25, 0.3) is 0 Å². The maximum atomic E-state index is 6.43. The predicted molar refractivity (Wildman–Crippen MR) is 123 cm³/mol. The van der Waals surface area contributed by atoms with Gasteiger partial charge in [0.2, 0.25) is 0 Å². The third-order valence-electron chi connectivity index (χ3n) is 7.24. The molecule has 1 aromatic carbocycles. The zero-order chi connectivity index (χ0) is 21.3. The molecule has 0 amide bonds. The van der Waals surface area contributed by atoms with Crippen LogP contribution in [0.5, 0.6) is 5.75 Å². The van der Waals surface area contributed by atoms with Crippen LogP contribution >= 0.6 is 0 Å². The number of piperazine rings is 1. The summed E-state index contributed by atoms with van der Waals surface area (Å²) in [7, 11) is 3.96. The van der Waals surface area contributed by atoms with E-state index in [0.29, 0.717) is 0 Å². The second-order valence-corrected chi connectivity index (χ2v) is 9.18. The van der Waals surface area contributed by atoms with E-state index in [1.54, 1.807) is 7.11 Å². The van der Waals surface area contributed by atoms with Crippen molar-refractivity contribution in [1.29, 1.82) is 0 Å². The molecule has 166 valence electrons. The van der Waals surface area contributed by atoms with Crippen LogP contribution in [-0.4, -0.2) is 74.8 Å². The number of ether oxygens (including phenoxy) is 2. The van der Waals surface area contributed by atoms with Crippen molar-refractivity contribution in [3.63, 3.8) is 0 Å². The highest BCUT2D eigenvalue weighted by Gasteiger charge is 2.43. The summed E-state index contributed by atoms with van der Waals surface area (Å²) < 4.78 is 12.2. The van der Waals surface area contributed by atoms with Crippen LogP contribution in [0, 0.1) is 0 Å². The number of aromatic nitrogens is 1. The Balaban J connectivity index is 1.25. The Morgan fingerprint density at radius 1 is 1.03 bits per heavy atom. The van der Waals surface area contributed by atoms with E-state index in [1.807, 2.05) is 0 Å². The minimum absolute atomic E-state index is 0.224. The molecule has 0 bridgehead atoms. The SMILES string of the molecule is COc1cccc2c1C1(CCN(c3ccc(CN4CCN(C)CC4)cn3)CC1)OCC2. The van der Waals surface area contributed by atoms with Crippen molar-refractivity contribution in [2.24, 2.45) is 0 Å². The van der Waals surface area contributed by atoms with Crippen molar-refractivity contribution in [2.45, 2.75) is 31.4 Å². The number of likely N-dealkylation sites (N-methyl/N-ethyl adjacent to an activating group) is 1. The maximum absolute atomic E-state index is 6.43. The molecular formula is C25H34N4O2. The molecule has 6 nitrogen and oxygen atoms in total. The molecule has 0 aliphatic carbocycles. The number of anilines is 1. The summed E-state index contributed by atoms with van der Waals surface area (Å²) in [6.45, 7) is 8.25. The van der Waals surface area contributed by atoms with Crippen molar-refractivity contribution in [3.8, 4) is 5.75 Å². The first kappa shape index (κ1) is 20.7. The van der Waals surface area contributed by atoms with E-state index < -0.39 is 0 Å². The van der Waals surface area contributed by atoms with E-state index in [-0.39, 0.29) is 5.60 Å². The smallest absolute Gasteiger partial charge is 0.128 e. The summed E-state index contributed by atoms with van der Waals surface area (Å²) in [6, 6.07) is 10.8. The Bertz CT molecular complexity index is 871. The fourth-order valence-electron chi connectivity index (χ4n) is 5.35. The summed E-state index contributed by atoms with van der Waals surface area (Å²) in [5.41, 5.74) is 3.73. The summed E-state index contributed by atoms with van der Waals surface area (Å²) >= 11 is 0. The van der Waals surface area contributed by atoms with Gasteiger partial charge in [0.15, 0.2) is 0 Å². The van der Waals surface area contributed by atoms with E-state index in [1.165, 1.54) is 16.7 Å². The molecule has 0 atom stereocenters. The van der Waals surface area contributed by atoms with Gasteiger partial charge >= 0.3 is 0 Å². The second-order valence-electron chi connectivity index (χ2n) is 9.18. The Morgan fingerprint density at radius 3 is 2.55 bits per heavy atom. The van der Waals surface area contributed by atoms with Gasteiger partial charge in [0, 0.05) is 57.6 Å². The number of nitrogens with zero attached hydrogens (tertiary/aromatic N) is 4. The maximum Gasteiger partial charge on any atom is 0.128 e. The van der Waals surface area contributed by atoms with Crippen molar-refractivity contribution in [2.75, 3.05) is 64.9 Å². The molecule has 2 saturated heterocycles. The molecule has 5 rings (SSSR count). The fraction of sp³-hybridized carbons (Fsp3) is 0.560. The van der Waals surface area contributed by atoms with Gasteiger partial charge < -0.3 is 19.3 Å². The van der Waals surface area contributed by atoms with Crippen LogP contribution < -0.4 is 9.64 Å². The topological polar surface area (TPSA) is 41.1 Å². The predicted octanol–water partition coefficient (Wildman–Crippen LogP) is 2.91. The molecule has 2 fully saturated rings. The van der Waals surface area contributed by atoms with Crippen molar-refractivity contribution in [1.82, 2.24) is 14.8 Å². The molecule has 1 spiro atoms. The molecule has 2 aromatic rings. The number of pyridine rings is 1. The molecule has 3 aliphatic heterocycles. The minimum Gasteiger partial charge on any atom is -0.496 e. The van der Waals surface area contributed by atoms with E-state index in [2.05, 4.69) is 58.3 Å². The average Bonchev–Trinajstić information content (AvgIpc) is 2.81. The Kier molecular flexibility index (Phi) is 5.87. The van der Waals surface area contributed by atoms with Gasteiger partial charge in [0.1, 0.15) is 17.2 Å². The summed E-state index contributed by atoms with van der Waals surface area (Å²) in [4.78, 5) is 12.1. The molecule has 31 heavy (non-hydrogen) atoms. The average molecular weight is 423 g/mol. The van der Waals surface area contributed by atoms with Crippen LogP contribution in [0.15, 0.2) is 36.5 Å². The number of rotatable bonds is 4. The van der Waals surface area contributed by atoms with E-state index in [4.69, 9.17) is 14.5 Å². The second kappa shape index (κ2) is 8.77. The Hall–Kier alpha value is -2.15. The zero-order valence-corrected chi connectivity index (χ0v) is 18.8. The number of benzene rings is 1. The van der Waals surface area contributed by atoms with Crippen LogP contribution in [0.3, 0.4) is 0 Å². The number of piperidine rings is 1. The van der Waals surface area contributed by atoms with Gasteiger partial charge in [-0.15, -0.1) is 0 Å². The quantitative estimate of drug-likeness (QED) is 0.755. The first-order valence-corrected chi connectivity index (χ1v) is 11.6. The lowest BCUT2D eigenvalue weighted by molar-refractivity contribution is -0.0780. The standard InChI is InChI=1S/C25H34N4O2/c1-27-13-15-28(16-14-27)19-20-6-7-23(26-18-20)29-11-9-25(10-12-29)24-21(8-17-31-25)4-3-5-22(24)30-2/h3-7,18H,8-17,19H2,1-2H3. The van der Waals surface area contributed by atoms with Gasteiger partial charge in [0.05, 0.1) is 13.7 Å². The molecule has 4 heterocycles. The Labute approximate surface area is 185 Å². The molecule has 3 aliphatic rings. The van der Waals surface area contributed by atoms with Crippen LogP contribution in [0.1, 0.15) is 29.5 Å². The van der Waals surface area contributed by atoms with Crippen LogP contribution in [-0.2, 0) is 23.3 Å². The lowest BCUT2D eigenvalue weighted by atomic mass is 9.79.